The number of carbonyl (C=O) groups is 1. The van der Waals surface area contributed by atoms with Gasteiger partial charge < -0.3 is 5.32 Å². The van der Waals surface area contributed by atoms with E-state index >= 15 is 0 Å². The van der Waals surface area contributed by atoms with Gasteiger partial charge in [-0.1, -0.05) is 11.6 Å². The number of nitrogens with zero attached hydrogens (tertiary/aromatic N) is 2. The van der Waals surface area contributed by atoms with Gasteiger partial charge in [-0.2, -0.15) is 0 Å². The average molecular weight is 470 g/mol. The largest absolute Gasteiger partial charge is 0.352 e. The molecule has 0 aliphatic heterocycles. The molecule has 35 heavy (non-hydrogen) atoms. The first-order chi connectivity index (χ1) is 17.1. The topological polar surface area (TPSA) is 54.9 Å². The van der Waals surface area contributed by atoms with Crippen molar-refractivity contribution in [1.82, 2.24) is 15.3 Å². The van der Waals surface area contributed by atoms with Gasteiger partial charge in [0.1, 0.15) is 11.6 Å². The van der Waals surface area contributed by atoms with Crippen LogP contribution in [0.1, 0.15) is 42.5 Å². The molecule has 1 N–H and O–H groups in total. The smallest absolute Gasteiger partial charge is 0.251 e. The van der Waals surface area contributed by atoms with Gasteiger partial charge in [-0.15, -0.1) is 0 Å². The Morgan fingerprint density at radius 1 is 0.800 bits per heavy atom. The molecule has 0 radical (unpaired) electrons. The van der Waals surface area contributed by atoms with Crippen molar-refractivity contribution in [3.05, 3.63) is 95.6 Å². The third kappa shape index (κ3) is 5.27. The number of rotatable bonds is 6. The summed E-state index contributed by atoms with van der Waals surface area (Å²) in [6.45, 7) is 0.596. The molecule has 0 spiro atoms. The van der Waals surface area contributed by atoms with E-state index in [2.05, 4.69) is 11.4 Å². The number of hydrogen-bond donors (Lipinski definition) is 1. The Hall–Kier alpha value is -3.93. The van der Waals surface area contributed by atoms with Crippen LogP contribution in [0.2, 0.25) is 0 Å². The van der Waals surface area contributed by atoms with Gasteiger partial charge >= 0.3 is 0 Å². The standard InChI is InChI=1S/C29H25F2N3O/c30-23-11-6-20(7-12-23)27-28(21-8-13-24(31)14-9-21)34-26-18-22(10-15-25(26)33-27)29(35)32-17-16-19-4-2-1-3-5-19/h4,6-15,18H,1-3,5,16-17H2,(H,32,35). The molecule has 1 aliphatic rings. The summed E-state index contributed by atoms with van der Waals surface area (Å²) in [5.41, 5.74) is 5.54. The van der Waals surface area contributed by atoms with Gasteiger partial charge in [-0.05, 0) is 98.8 Å². The molecule has 0 saturated heterocycles. The van der Waals surface area contributed by atoms with E-state index in [1.165, 1.54) is 42.7 Å². The highest BCUT2D eigenvalue weighted by Crippen LogP contribution is 2.31. The molecular formula is C29H25F2N3O. The molecule has 0 saturated carbocycles. The zero-order valence-electron chi connectivity index (χ0n) is 19.2. The highest BCUT2D eigenvalue weighted by atomic mass is 19.1. The highest BCUT2D eigenvalue weighted by Gasteiger charge is 2.15. The van der Waals surface area contributed by atoms with E-state index in [9.17, 15) is 13.6 Å². The van der Waals surface area contributed by atoms with Crippen LogP contribution in [-0.4, -0.2) is 22.4 Å². The van der Waals surface area contributed by atoms with E-state index in [0.717, 1.165) is 19.3 Å². The lowest BCUT2D eigenvalue weighted by molar-refractivity contribution is 0.0954. The molecule has 6 heteroatoms. The highest BCUT2D eigenvalue weighted by molar-refractivity contribution is 5.98. The van der Waals surface area contributed by atoms with Crippen molar-refractivity contribution in [1.29, 1.82) is 0 Å². The van der Waals surface area contributed by atoms with E-state index in [4.69, 9.17) is 9.97 Å². The van der Waals surface area contributed by atoms with E-state index in [1.54, 1.807) is 42.5 Å². The second-order valence-electron chi connectivity index (χ2n) is 8.75. The van der Waals surface area contributed by atoms with Gasteiger partial charge in [0, 0.05) is 23.2 Å². The first-order valence-electron chi connectivity index (χ1n) is 11.9. The molecule has 4 aromatic rings. The summed E-state index contributed by atoms with van der Waals surface area (Å²) >= 11 is 0. The molecule has 1 heterocycles. The lowest BCUT2D eigenvalue weighted by Crippen LogP contribution is -2.24. The molecule has 3 aromatic carbocycles. The molecule has 5 rings (SSSR count). The predicted molar refractivity (Wildman–Crippen MR) is 134 cm³/mol. The van der Waals surface area contributed by atoms with Crippen LogP contribution >= 0.6 is 0 Å². The lowest BCUT2D eigenvalue weighted by atomic mass is 9.97. The Bertz CT molecular complexity index is 1400. The Balaban J connectivity index is 1.47. The van der Waals surface area contributed by atoms with Crippen LogP contribution in [0.5, 0.6) is 0 Å². The van der Waals surface area contributed by atoms with E-state index < -0.39 is 0 Å². The molecule has 1 aromatic heterocycles. The number of hydrogen-bond acceptors (Lipinski definition) is 3. The number of halogens is 2. The van der Waals surface area contributed by atoms with Crippen molar-refractivity contribution in [3.63, 3.8) is 0 Å². The Kier molecular flexibility index (Phi) is 6.62. The average Bonchev–Trinajstić information content (AvgIpc) is 2.89. The van der Waals surface area contributed by atoms with Gasteiger partial charge in [-0.25, -0.2) is 18.7 Å². The fourth-order valence-electron chi connectivity index (χ4n) is 4.38. The summed E-state index contributed by atoms with van der Waals surface area (Å²) < 4.78 is 27.1. The van der Waals surface area contributed by atoms with Gasteiger partial charge in [0.2, 0.25) is 0 Å². The van der Waals surface area contributed by atoms with Crippen molar-refractivity contribution in [2.45, 2.75) is 32.1 Å². The number of benzene rings is 3. The zero-order chi connectivity index (χ0) is 24.2. The number of aromatic nitrogens is 2. The van der Waals surface area contributed by atoms with Crippen LogP contribution in [0, 0.1) is 11.6 Å². The quantitative estimate of drug-likeness (QED) is 0.314. The minimum Gasteiger partial charge on any atom is -0.352 e. The summed E-state index contributed by atoms with van der Waals surface area (Å²) in [5, 5.41) is 3.00. The van der Waals surface area contributed by atoms with Crippen molar-refractivity contribution in [2.75, 3.05) is 6.54 Å². The predicted octanol–water partition coefficient (Wildman–Crippen LogP) is 6.86. The summed E-state index contributed by atoms with van der Waals surface area (Å²) in [6.07, 6.45) is 7.87. The van der Waals surface area contributed by atoms with Crippen LogP contribution in [0.25, 0.3) is 33.5 Å². The van der Waals surface area contributed by atoms with Crippen LogP contribution in [0.3, 0.4) is 0 Å². The SMILES string of the molecule is O=C(NCCC1=CCCCC1)c1ccc2nc(-c3ccc(F)cc3)c(-c3ccc(F)cc3)nc2c1. The molecule has 1 amide bonds. The van der Waals surface area contributed by atoms with Crippen molar-refractivity contribution < 1.29 is 13.6 Å². The maximum atomic E-state index is 13.6. The first kappa shape index (κ1) is 22.8. The second kappa shape index (κ2) is 10.1. The number of nitrogens with one attached hydrogen (secondary N) is 1. The summed E-state index contributed by atoms with van der Waals surface area (Å²) in [6, 6.07) is 17.2. The monoisotopic (exact) mass is 469 g/mol. The molecule has 1 aliphatic carbocycles. The molecule has 176 valence electrons. The number of amides is 1. The number of carbonyl (C=O) groups excluding carboxylic acids is 1. The van der Waals surface area contributed by atoms with Crippen molar-refractivity contribution >= 4 is 16.9 Å². The number of fused-ring (bicyclic) bond motifs is 1. The van der Waals surface area contributed by atoms with Crippen LogP contribution in [0.15, 0.2) is 78.4 Å². The Labute approximate surface area is 202 Å². The number of allylic oxidation sites excluding steroid dienone is 1. The Morgan fingerprint density at radius 3 is 2.03 bits per heavy atom. The fraction of sp³-hybridized carbons (Fsp3) is 0.207. The molecule has 0 unspecified atom stereocenters. The van der Waals surface area contributed by atoms with Crippen LogP contribution in [-0.2, 0) is 0 Å². The first-order valence-corrected chi connectivity index (χ1v) is 11.9. The zero-order valence-corrected chi connectivity index (χ0v) is 19.2. The lowest BCUT2D eigenvalue weighted by Gasteiger charge is -2.13. The van der Waals surface area contributed by atoms with Crippen molar-refractivity contribution in [3.8, 4) is 22.5 Å². The summed E-state index contributed by atoms with van der Waals surface area (Å²) in [5.74, 6) is -0.855. The van der Waals surface area contributed by atoms with Crippen LogP contribution in [0.4, 0.5) is 8.78 Å². The molecule has 4 nitrogen and oxygen atoms in total. The van der Waals surface area contributed by atoms with E-state index in [0.29, 0.717) is 45.7 Å². The summed E-state index contributed by atoms with van der Waals surface area (Å²) in [7, 11) is 0. The van der Waals surface area contributed by atoms with Crippen molar-refractivity contribution in [2.24, 2.45) is 0 Å². The second-order valence-corrected chi connectivity index (χ2v) is 8.75. The third-order valence-corrected chi connectivity index (χ3v) is 6.28. The molecule has 0 fully saturated rings. The molecule has 0 bridgehead atoms. The minimum atomic E-state index is -0.353. The maximum Gasteiger partial charge on any atom is 0.251 e. The molecule has 0 atom stereocenters. The minimum absolute atomic E-state index is 0.156. The van der Waals surface area contributed by atoms with Gasteiger partial charge in [0.25, 0.3) is 5.91 Å². The van der Waals surface area contributed by atoms with Gasteiger partial charge in [0.15, 0.2) is 0 Å². The fourth-order valence-corrected chi connectivity index (χ4v) is 4.38. The normalized spacial score (nSPS) is 13.5. The summed E-state index contributed by atoms with van der Waals surface area (Å²) in [4.78, 5) is 22.4. The van der Waals surface area contributed by atoms with E-state index in [1.807, 2.05) is 0 Å². The Morgan fingerprint density at radius 2 is 1.43 bits per heavy atom. The maximum absolute atomic E-state index is 13.6. The van der Waals surface area contributed by atoms with Crippen LogP contribution < -0.4 is 5.32 Å². The third-order valence-electron chi connectivity index (χ3n) is 6.28. The van der Waals surface area contributed by atoms with Gasteiger partial charge in [-0.3, -0.25) is 4.79 Å². The van der Waals surface area contributed by atoms with E-state index in [-0.39, 0.29) is 17.5 Å². The van der Waals surface area contributed by atoms with Gasteiger partial charge in [0.05, 0.1) is 22.4 Å². The molecular weight excluding hydrogens is 444 g/mol.